The lowest BCUT2D eigenvalue weighted by Gasteiger charge is -1.90. The molecule has 0 aliphatic carbocycles. The van der Waals surface area contributed by atoms with E-state index in [-0.39, 0.29) is 19.8 Å². The number of hydrogen-bond donors (Lipinski definition) is 6. The molecule has 0 amide bonds. The summed E-state index contributed by atoms with van der Waals surface area (Å²) in [4.78, 5) is 12.8. The van der Waals surface area contributed by atoms with Crippen LogP contribution in [0.4, 0.5) is 0 Å². The zero-order chi connectivity index (χ0) is 14.8. The molecule has 0 bridgehead atoms. The summed E-state index contributed by atoms with van der Waals surface area (Å²) in [6, 6.07) is 0. The minimum atomic E-state index is -0.560. The van der Waals surface area contributed by atoms with Crippen molar-refractivity contribution in [1.82, 2.24) is 19.9 Å². The first-order valence-electron chi connectivity index (χ1n) is 5.55. The van der Waals surface area contributed by atoms with E-state index in [1.54, 1.807) is 37.4 Å². The number of H-pyrrole nitrogens is 2. The number of aromatic amines is 2. The largest absolute Gasteiger partial charge is 0.394 e. The molecule has 2 aromatic rings. The number of rotatable bonds is 2. The normalized spacial score (nSPS) is 9.74. The number of hydrogen-bond acceptors (Lipinski definition) is 6. The number of imidazole rings is 2. The van der Waals surface area contributed by atoms with E-state index in [9.17, 15) is 0 Å². The van der Waals surface area contributed by atoms with E-state index in [4.69, 9.17) is 20.4 Å². The molecule has 110 valence electrons. The Kier molecular flexibility index (Phi) is 19.2. The SMILES string of the molecule is CC(O)CO.OCCO.c1c[nH]cn1.c1c[nH]cn1. The molecule has 8 nitrogen and oxygen atoms in total. The predicted molar refractivity (Wildman–Crippen MR) is 70.1 cm³/mol. The van der Waals surface area contributed by atoms with Gasteiger partial charge in [0.15, 0.2) is 0 Å². The van der Waals surface area contributed by atoms with Gasteiger partial charge in [0.1, 0.15) is 0 Å². The Morgan fingerprint density at radius 1 is 0.947 bits per heavy atom. The van der Waals surface area contributed by atoms with Gasteiger partial charge < -0.3 is 30.4 Å². The molecule has 1 unspecified atom stereocenters. The van der Waals surface area contributed by atoms with Gasteiger partial charge >= 0.3 is 0 Å². The molecule has 0 saturated heterocycles. The average Bonchev–Trinajstić information content (AvgIpc) is 3.15. The van der Waals surface area contributed by atoms with Crippen molar-refractivity contribution in [3.8, 4) is 0 Å². The zero-order valence-corrected chi connectivity index (χ0v) is 10.8. The predicted octanol–water partition coefficient (Wildman–Crippen LogP) is -0.850. The highest BCUT2D eigenvalue weighted by molar-refractivity contribution is 4.65. The molecule has 19 heavy (non-hydrogen) atoms. The maximum Gasteiger partial charge on any atom is 0.0919 e. The summed E-state index contributed by atoms with van der Waals surface area (Å²) < 4.78 is 0. The van der Waals surface area contributed by atoms with Gasteiger partial charge in [-0.1, -0.05) is 0 Å². The van der Waals surface area contributed by atoms with E-state index >= 15 is 0 Å². The summed E-state index contributed by atoms with van der Waals surface area (Å²) in [5.74, 6) is 0. The average molecular weight is 274 g/mol. The van der Waals surface area contributed by atoms with Gasteiger partial charge in [0, 0.05) is 24.8 Å². The minimum absolute atomic E-state index is 0.125. The highest BCUT2D eigenvalue weighted by Gasteiger charge is 1.83. The van der Waals surface area contributed by atoms with Crippen LogP contribution in [0, 0.1) is 0 Å². The Bertz CT molecular complexity index is 238. The lowest BCUT2D eigenvalue weighted by atomic mass is 10.5. The smallest absolute Gasteiger partial charge is 0.0919 e. The van der Waals surface area contributed by atoms with Crippen LogP contribution in [-0.2, 0) is 0 Å². The molecule has 1 atom stereocenters. The molecule has 0 spiro atoms. The molecule has 0 saturated carbocycles. The highest BCUT2D eigenvalue weighted by Crippen LogP contribution is 1.68. The van der Waals surface area contributed by atoms with E-state index < -0.39 is 6.10 Å². The van der Waals surface area contributed by atoms with Crippen LogP contribution in [0.2, 0.25) is 0 Å². The first-order valence-corrected chi connectivity index (χ1v) is 5.55. The minimum Gasteiger partial charge on any atom is -0.394 e. The van der Waals surface area contributed by atoms with Crippen molar-refractivity contribution in [2.75, 3.05) is 19.8 Å². The maximum absolute atomic E-state index is 8.11. The molecular weight excluding hydrogens is 252 g/mol. The van der Waals surface area contributed by atoms with Crippen molar-refractivity contribution in [2.24, 2.45) is 0 Å². The third-order valence-corrected chi connectivity index (χ3v) is 1.18. The number of aliphatic hydroxyl groups excluding tert-OH is 4. The summed E-state index contributed by atoms with van der Waals surface area (Å²) in [5.41, 5.74) is 0. The molecule has 2 heterocycles. The van der Waals surface area contributed by atoms with Crippen LogP contribution in [0.3, 0.4) is 0 Å². The van der Waals surface area contributed by atoms with Gasteiger partial charge in [-0.15, -0.1) is 0 Å². The summed E-state index contributed by atoms with van der Waals surface area (Å²) in [7, 11) is 0. The fraction of sp³-hybridized carbons (Fsp3) is 0.455. The first kappa shape index (κ1) is 19.6. The third-order valence-electron chi connectivity index (χ3n) is 1.18. The Morgan fingerprint density at radius 2 is 1.32 bits per heavy atom. The second-order valence-electron chi connectivity index (χ2n) is 3.00. The lowest BCUT2D eigenvalue weighted by Crippen LogP contribution is -2.03. The summed E-state index contributed by atoms with van der Waals surface area (Å²) in [6.07, 6.45) is 9.61. The molecule has 8 heteroatoms. The molecule has 0 radical (unpaired) electrons. The van der Waals surface area contributed by atoms with Gasteiger partial charge in [-0.25, -0.2) is 9.97 Å². The van der Waals surface area contributed by atoms with Crippen LogP contribution in [-0.4, -0.2) is 66.3 Å². The lowest BCUT2D eigenvalue weighted by molar-refractivity contribution is 0.110. The monoisotopic (exact) mass is 274 g/mol. The van der Waals surface area contributed by atoms with Crippen LogP contribution in [0.25, 0.3) is 0 Å². The fourth-order valence-electron chi connectivity index (χ4n) is 0.430. The molecule has 2 rings (SSSR count). The van der Waals surface area contributed by atoms with E-state index in [2.05, 4.69) is 19.9 Å². The fourth-order valence-corrected chi connectivity index (χ4v) is 0.430. The standard InChI is InChI=1S/2C3H4N2.C3H8O2.C2H6O2/c2*1-2-5-3-4-1;1-3(5)2-4;3-1-2-4/h2*1-3H,(H,4,5);3-5H,2H2,1H3;3-4H,1-2H2. The van der Waals surface area contributed by atoms with Crippen LogP contribution >= 0.6 is 0 Å². The summed E-state index contributed by atoms with van der Waals surface area (Å²) >= 11 is 0. The zero-order valence-electron chi connectivity index (χ0n) is 10.8. The van der Waals surface area contributed by atoms with E-state index in [1.807, 2.05) is 0 Å². The van der Waals surface area contributed by atoms with Crippen LogP contribution < -0.4 is 0 Å². The van der Waals surface area contributed by atoms with Crippen LogP contribution in [0.15, 0.2) is 37.4 Å². The van der Waals surface area contributed by atoms with Crippen LogP contribution in [0.1, 0.15) is 6.92 Å². The summed E-state index contributed by atoms with van der Waals surface area (Å²) in [6.45, 7) is 1.14. The topological polar surface area (TPSA) is 138 Å². The highest BCUT2D eigenvalue weighted by atomic mass is 16.3. The van der Waals surface area contributed by atoms with E-state index in [0.29, 0.717) is 0 Å². The summed E-state index contributed by atoms with van der Waals surface area (Å²) in [5, 5.41) is 31.3. The van der Waals surface area contributed by atoms with Crippen molar-refractivity contribution >= 4 is 0 Å². The molecule has 2 aromatic heterocycles. The van der Waals surface area contributed by atoms with Crippen molar-refractivity contribution in [3.63, 3.8) is 0 Å². The Balaban J connectivity index is 0. The quantitative estimate of drug-likeness (QED) is 0.422. The number of aliphatic hydroxyl groups is 4. The molecule has 6 N–H and O–H groups in total. The Morgan fingerprint density at radius 3 is 1.37 bits per heavy atom. The molecule has 0 aliphatic rings. The number of aromatic nitrogens is 4. The Hall–Kier alpha value is -1.74. The van der Waals surface area contributed by atoms with Gasteiger partial charge in [-0.05, 0) is 6.92 Å². The van der Waals surface area contributed by atoms with Crippen molar-refractivity contribution in [3.05, 3.63) is 37.4 Å². The van der Waals surface area contributed by atoms with Gasteiger partial charge in [0.2, 0.25) is 0 Å². The van der Waals surface area contributed by atoms with Gasteiger partial charge in [-0.3, -0.25) is 0 Å². The van der Waals surface area contributed by atoms with Gasteiger partial charge in [-0.2, -0.15) is 0 Å². The van der Waals surface area contributed by atoms with Crippen molar-refractivity contribution < 1.29 is 20.4 Å². The molecular formula is C11H22N4O4. The Labute approximate surface area is 111 Å². The van der Waals surface area contributed by atoms with Gasteiger partial charge in [0.05, 0.1) is 38.6 Å². The van der Waals surface area contributed by atoms with E-state index in [0.717, 1.165) is 0 Å². The van der Waals surface area contributed by atoms with Crippen molar-refractivity contribution in [2.45, 2.75) is 13.0 Å². The second kappa shape index (κ2) is 18.6. The molecule has 0 aromatic carbocycles. The number of nitrogens with one attached hydrogen (secondary N) is 2. The van der Waals surface area contributed by atoms with Gasteiger partial charge in [0.25, 0.3) is 0 Å². The molecule has 0 fully saturated rings. The third kappa shape index (κ3) is 26.1. The van der Waals surface area contributed by atoms with Crippen LogP contribution in [0.5, 0.6) is 0 Å². The first-order chi connectivity index (χ1) is 9.18. The molecule has 0 aliphatic heterocycles. The van der Waals surface area contributed by atoms with Crippen molar-refractivity contribution in [1.29, 1.82) is 0 Å². The second-order valence-corrected chi connectivity index (χ2v) is 3.00. The van der Waals surface area contributed by atoms with E-state index in [1.165, 1.54) is 6.92 Å². The maximum atomic E-state index is 8.11. The number of nitrogens with zero attached hydrogens (tertiary/aromatic N) is 2.